The zero-order chi connectivity index (χ0) is 42.6. The lowest BCUT2D eigenvalue weighted by atomic mass is 9.82. The Morgan fingerprint density at radius 2 is 0.815 bits per heavy atom. The minimum Gasteiger partial charge on any atom is -0.351 e. The van der Waals surface area contributed by atoms with Crippen LogP contribution in [0.15, 0.2) is 237 Å². The van der Waals surface area contributed by atoms with Crippen molar-refractivity contribution in [1.82, 2.24) is 13.9 Å². The van der Waals surface area contributed by atoms with Gasteiger partial charge in [0.05, 0.1) is 22.7 Å². The van der Waals surface area contributed by atoms with Gasteiger partial charge in [-0.2, -0.15) is 0 Å². The summed E-state index contributed by atoms with van der Waals surface area (Å²) in [5, 5.41) is 5.30. The lowest BCUT2D eigenvalue weighted by Crippen LogP contribution is -2.74. The number of hydrogen-bond donors (Lipinski definition) is 0. The van der Waals surface area contributed by atoms with Crippen LogP contribution in [0.1, 0.15) is 0 Å². The summed E-state index contributed by atoms with van der Waals surface area (Å²) >= 11 is 0. The quantitative estimate of drug-likeness (QED) is 0.123. The average molecular weight is 848 g/mol. The first-order valence-corrected chi connectivity index (χ1v) is 24.3. The molecule has 0 saturated heterocycles. The van der Waals surface area contributed by atoms with Gasteiger partial charge in [0.2, 0.25) is 0 Å². The summed E-state index contributed by atoms with van der Waals surface area (Å²) in [6, 6.07) is 81.1. The molecule has 304 valence electrons. The van der Waals surface area contributed by atoms with E-state index in [4.69, 9.17) is 4.98 Å². The van der Waals surface area contributed by atoms with E-state index in [-0.39, 0.29) is 14.2 Å². The van der Waals surface area contributed by atoms with Crippen LogP contribution >= 0.6 is 0 Å². The van der Waals surface area contributed by atoms with Crippen LogP contribution < -0.4 is 40.0 Å². The normalized spacial score (nSPS) is 14.0. The van der Waals surface area contributed by atoms with Crippen LogP contribution in [-0.4, -0.2) is 36.2 Å². The van der Waals surface area contributed by atoms with Crippen molar-refractivity contribution < 1.29 is 0 Å². The molecule has 6 heterocycles. The lowest BCUT2D eigenvalue weighted by Gasteiger charge is -2.37. The number of benzene rings is 8. The van der Waals surface area contributed by atoms with Gasteiger partial charge in [-0.1, -0.05) is 140 Å². The molecule has 4 aliphatic heterocycles. The van der Waals surface area contributed by atoms with Gasteiger partial charge in [0.1, 0.15) is 5.82 Å². The molecular formula is C55H39B2N7Si. The largest absolute Gasteiger partial charge is 0.519 e. The fraction of sp³-hybridized carbons (Fsp3) is 0. The summed E-state index contributed by atoms with van der Waals surface area (Å²) < 4.78 is 4.77. The number of imidazole rings is 1. The van der Waals surface area contributed by atoms with Gasteiger partial charge in [-0.25, -0.2) is 4.98 Å². The molecule has 0 aliphatic carbocycles. The predicted molar refractivity (Wildman–Crippen MR) is 271 cm³/mol. The highest BCUT2D eigenvalue weighted by atomic mass is 28.3. The molecule has 14 rings (SSSR count). The Bertz CT molecular complexity index is 3220. The highest BCUT2D eigenvalue weighted by Crippen LogP contribution is 2.53. The van der Waals surface area contributed by atoms with E-state index in [0.29, 0.717) is 0 Å². The fourth-order valence-electron chi connectivity index (χ4n) is 11.4. The first-order valence-electron chi connectivity index (χ1n) is 22.3. The lowest BCUT2D eigenvalue weighted by molar-refractivity contribution is 1.09. The average Bonchev–Trinajstić information content (AvgIpc) is 4.20. The van der Waals surface area contributed by atoms with Gasteiger partial charge in [-0.05, 0) is 106 Å². The smallest absolute Gasteiger partial charge is 0.351 e. The van der Waals surface area contributed by atoms with Crippen molar-refractivity contribution in [2.75, 3.05) is 19.2 Å². The van der Waals surface area contributed by atoms with Crippen molar-refractivity contribution in [2.24, 2.45) is 0 Å². The van der Waals surface area contributed by atoms with Crippen LogP contribution in [0.5, 0.6) is 0 Å². The second-order valence-electron chi connectivity index (χ2n) is 17.2. The molecule has 0 fully saturated rings. The third-order valence-corrected chi connectivity index (χ3v) is 18.8. The minimum absolute atomic E-state index is 0.125. The minimum atomic E-state index is -3.12. The van der Waals surface area contributed by atoms with E-state index in [9.17, 15) is 0 Å². The van der Waals surface area contributed by atoms with Crippen molar-refractivity contribution in [1.29, 1.82) is 0 Å². The second kappa shape index (κ2) is 13.9. The molecule has 10 aromatic rings. The first-order chi connectivity index (χ1) is 32.3. The van der Waals surface area contributed by atoms with Crippen molar-refractivity contribution in [2.45, 2.75) is 0 Å². The zero-order valence-corrected chi connectivity index (χ0v) is 36.3. The molecule has 10 heteroatoms. The molecular weight excluding hydrogens is 808 g/mol. The summed E-state index contributed by atoms with van der Waals surface area (Å²) in [6.07, 6.45) is 6.30. The van der Waals surface area contributed by atoms with Crippen LogP contribution in [0, 0.1) is 0 Å². The van der Waals surface area contributed by atoms with Gasteiger partial charge < -0.3 is 28.2 Å². The topological polar surface area (TPSA) is 35.7 Å². The Morgan fingerprint density at radius 1 is 0.338 bits per heavy atom. The Labute approximate surface area is 379 Å². The van der Waals surface area contributed by atoms with E-state index in [2.05, 4.69) is 259 Å². The van der Waals surface area contributed by atoms with Crippen LogP contribution in [-0.2, 0) is 0 Å². The molecule has 65 heavy (non-hydrogen) atoms. The molecule has 0 unspecified atom stereocenters. The van der Waals surface area contributed by atoms with E-state index < -0.39 is 8.07 Å². The molecule has 7 nitrogen and oxygen atoms in total. The molecule has 0 atom stereocenters. The zero-order valence-electron chi connectivity index (χ0n) is 35.3. The van der Waals surface area contributed by atoms with E-state index in [1.54, 1.807) is 0 Å². The van der Waals surface area contributed by atoms with Gasteiger partial charge in [-0.3, -0.25) is 0 Å². The monoisotopic (exact) mass is 847 g/mol. The Balaban J connectivity index is 1.05. The number of hydrogen-bond acceptors (Lipinski definition) is 5. The fourth-order valence-corrected chi connectivity index (χ4v) is 16.2. The third kappa shape index (κ3) is 5.00. The maximum absolute atomic E-state index is 4.94. The van der Waals surface area contributed by atoms with Crippen molar-refractivity contribution in [3.63, 3.8) is 0 Å². The van der Waals surface area contributed by atoms with E-state index in [0.717, 1.165) is 34.1 Å². The summed E-state index contributed by atoms with van der Waals surface area (Å²) in [6.45, 7) is 0. The highest BCUT2D eigenvalue weighted by Gasteiger charge is 2.53. The standard InChI is InChI=1S/C55H39B2N7Si/c1-5-18-40(19-6-1)61-51-33-31-44(38-53(51)63-49-28-15-13-26-46(49)48-30-17-36-59(48)56(61)63)65(42-22-9-3-10-23-42,43-24-11-4-12-25-43)45-32-34-52-54(39-45)64-50-29-16-14-27-47(50)55-58-35-37-60(55)57(64)62(52)41-20-7-2-8-21-41/h1-39H. The molecule has 0 saturated carbocycles. The number of anilines is 8. The van der Waals surface area contributed by atoms with Gasteiger partial charge in [0, 0.05) is 52.0 Å². The number of aromatic nitrogens is 3. The Kier molecular flexibility index (Phi) is 7.76. The van der Waals surface area contributed by atoms with Crippen molar-refractivity contribution in [3.05, 3.63) is 237 Å². The number of nitrogens with zero attached hydrogens (tertiary/aromatic N) is 7. The van der Waals surface area contributed by atoms with Crippen molar-refractivity contribution >= 4 is 88.6 Å². The highest BCUT2D eigenvalue weighted by molar-refractivity contribution is 7.20. The molecule has 4 aliphatic rings. The molecule has 0 amide bonds. The van der Waals surface area contributed by atoms with Gasteiger partial charge in [0.15, 0.2) is 8.07 Å². The number of para-hydroxylation sites is 4. The van der Waals surface area contributed by atoms with Crippen LogP contribution in [0.4, 0.5) is 45.5 Å². The van der Waals surface area contributed by atoms with E-state index in [1.807, 2.05) is 6.20 Å². The maximum Gasteiger partial charge on any atom is 0.519 e. The number of rotatable bonds is 6. The van der Waals surface area contributed by atoms with Gasteiger partial charge in [-0.15, -0.1) is 0 Å². The summed E-state index contributed by atoms with van der Waals surface area (Å²) in [4.78, 5) is 15.0. The predicted octanol–water partition coefficient (Wildman–Crippen LogP) is 9.67. The van der Waals surface area contributed by atoms with Gasteiger partial charge in [0.25, 0.3) is 0 Å². The third-order valence-electron chi connectivity index (χ3n) is 14.1. The SMILES string of the molecule is c1ccc(N2B3N(c4ccccc4-c4cccn43)c3cc([Si](c4ccccc4)(c4ccccc4)c4ccc5c(c4)N4B(N5c5ccccc5)n5ccnc5-c5ccccc54)ccc32)cc1. The summed E-state index contributed by atoms with van der Waals surface area (Å²) in [5.41, 5.74) is 12.9. The van der Waals surface area contributed by atoms with Gasteiger partial charge >= 0.3 is 14.2 Å². The van der Waals surface area contributed by atoms with Crippen LogP contribution in [0.3, 0.4) is 0 Å². The summed E-state index contributed by atoms with van der Waals surface area (Å²) in [5.74, 6) is 0.973. The van der Waals surface area contributed by atoms with E-state index >= 15 is 0 Å². The molecule has 0 spiro atoms. The van der Waals surface area contributed by atoms with Crippen LogP contribution in [0.25, 0.3) is 22.6 Å². The Hall–Kier alpha value is -8.20. The van der Waals surface area contributed by atoms with Crippen molar-refractivity contribution in [3.8, 4) is 22.6 Å². The Morgan fingerprint density at radius 3 is 1.38 bits per heavy atom. The molecule has 0 N–H and O–H groups in total. The number of fused-ring (bicyclic) bond motifs is 16. The molecule has 0 bridgehead atoms. The maximum atomic E-state index is 4.94. The molecule has 2 aromatic heterocycles. The second-order valence-corrected chi connectivity index (χ2v) is 21.0. The summed E-state index contributed by atoms with van der Waals surface area (Å²) in [7, 11) is -3.43. The first kappa shape index (κ1) is 36.3. The molecule has 8 aromatic carbocycles. The van der Waals surface area contributed by atoms with Crippen LogP contribution in [0.2, 0.25) is 0 Å². The van der Waals surface area contributed by atoms with E-state index in [1.165, 1.54) is 54.8 Å². The molecule has 0 radical (unpaired) electrons.